The van der Waals surface area contributed by atoms with E-state index in [0.29, 0.717) is 10.5 Å². The Hall–Kier alpha value is -0.603. The number of carbonyl (C=O) groups excluding carboxylic acids is 1. The van der Waals surface area contributed by atoms with E-state index in [0.717, 1.165) is 0 Å². The molecule has 0 radical (unpaired) electrons. The van der Waals surface area contributed by atoms with E-state index in [-0.39, 0.29) is 6.61 Å². The van der Waals surface area contributed by atoms with Crippen LogP contribution in [0.4, 0.5) is 4.79 Å². The predicted molar refractivity (Wildman–Crippen MR) is 45.0 cm³/mol. The molecule has 0 spiro atoms. The van der Waals surface area contributed by atoms with Gasteiger partial charge >= 0.3 is 6.09 Å². The molecule has 0 saturated heterocycles. The lowest BCUT2D eigenvalue weighted by Gasteiger charge is -2.04. The maximum absolute atomic E-state index is 10.8. The van der Waals surface area contributed by atoms with Crippen LogP contribution in [0.15, 0.2) is 0 Å². The van der Waals surface area contributed by atoms with Crippen LogP contribution in [0.3, 0.4) is 0 Å². The van der Waals surface area contributed by atoms with Crippen molar-refractivity contribution >= 4 is 26.6 Å². The molecule has 0 heterocycles. The molecule has 72 valence electrons. The summed E-state index contributed by atoms with van der Waals surface area (Å²) in [5.74, 6) is -0.502. The first-order valence-electron chi connectivity index (χ1n) is 3.18. The molecule has 0 aromatic heterocycles. The van der Waals surface area contributed by atoms with Gasteiger partial charge in [-0.3, -0.25) is 0 Å². The maximum Gasteiger partial charge on any atom is 0.420 e. The molecule has 8 heteroatoms. The average Bonchev–Trinajstić information content (AvgIpc) is 1.85. The molecule has 12 heavy (non-hydrogen) atoms. The second-order valence-corrected chi connectivity index (χ2v) is 4.09. The summed E-state index contributed by atoms with van der Waals surface area (Å²) in [6.07, 6.45) is -0.976. The van der Waals surface area contributed by atoms with Crippen molar-refractivity contribution in [2.75, 3.05) is 12.5 Å². The van der Waals surface area contributed by atoms with Gasteiger partial charge < -0.3 is 9.16 Å². The summed E-state index contributed by atoms with van der Waals surface area (Å²) in [6, 6.07) is 0. The summed E-state index contributed by atoms with van der Waals surface area (Å²) in [5, 5.41) is 0. The number of rotatable bonds is 4. The number of carbonyl (C=O) groups is 1. The fourth-order valence-corrected chi connectivity index (χ4v) is 2.09. The normalized spacial score (nSPS) is 11.1. The predicted octanol–water partition coefficient (Wildman–Crippen LogP) is -1.68. The zero-order valence-electron chi connectivity index (χ0n) is 6.86. The first-order chi connectivity index (χ1) is 5.52. The van der Waals surface area contributed by atoms with Crippen LogP contribution in [0.25, 0.3) is 0 Å². The molecular weight excluding hydrogens is 202 g/mol. The highest BCUT2D eigenvalue weighted by atomic mass is 32.2. The van der Waals surface area contributed by atoms with Crippen molar-refractivity contribution in [2.45, 2.75) is 6.92 Å². The zero-order valence-corrected chi connectivity index (χ0v) is 9.68. The Morgan fingerprint density at radius 1 is 1.58 bits per heavy atom. The first-order valence-corrected chi connectivity index (χ1v) is 5.65. The highest BCUT2D eigenvalue weighted by Gasteiger charge is 2.13. The minimum atomic E-state index is -3.67. The molecule has 1 amide bonds. The molecule has 0 bridgehead atoms. The van der Waals surface area contributed by atoms with Crippen molar-refractivity contribution in [3.8, 4) is 0 Å². The topological polar surface area (TPSA) is 81.7 Å². The Morgan fingerprint density at radius 3 is 2.58 bits per heavy atom. The fourth-order valence-electron chi connectivity index (χ4n) is 0.472. The van der Waals surface area contributed by atoms with Crippen molar-refractivity contribution in [1.82, 2.24) is 4.72 Å². The van der Waals surface area contributed by atoms with Gasteiger partial charge in [0, 0.05) is 0 Å². The summed E-state index contributed by atoms with van der Waals surface area (Å²) in [5.41, 5.74) is 0. The molecule has 1 N–H and O–H groups in total. The van der Waals surface area contributed by atoms with Crippen LogP contribution >= 0.6 is 0 Å². The fraction of sp³-hybridized carbons (Fsp3) is 0.750. The van der Waals surface area contributed by atoms with Crippen LogP contribution < -0.4 is 4.72 Å². The maximum atomic E-state index is 10.8. The average molecular weight is 213 g/mol. The Labute approximate surface area is 73.8 Å². The lowest BCUT2D eigenvalue weighted by Crippen LogP contribution is -2.33. The largest absolute Gasteiger partial charge is 0.449 e. The van der Waals surface area contributed by atoms with Gasteiger partial charge in [-0.05, 0) is 6.92 Å². The second kappa shape index (κ2) is 5.12. The molecule has 0 atom stereocenters. The molecule has 0 aliphatic carbocycles. The number of nitrogens with one attached hydrogen (secondary N) is 1. The van der Waals surface area contributed by atoms with Crippen LogP contribution in [-0.2, 0) is 19.2 Å². The summed E-state index contributed by atoms with van der Waals surface area (Å²) >= 11 is 0. The molecule has 0 aliphatic rings. The molecule has 0 saturated carbocycles. The van der Waals surface area contributed by atoms with Crippen LogP contribution in [-0.4, -0.2) is 37.5 Å². The standard InChI is InChI=1S/C4H11NO5SSi/c1-2-9-4(6)5-11(7,8)3-10-12/h2-3H2,1,12H3,(H,5,6). The molecule has 0 rings (SSSR count). The molecule has 0 aromatic carbocycles. The second-order valence-electron chi connectivity index (χ2n) is 1.84. The Bertz CT molecular complexity index is 238. The highest BCUT2D eigenvalue weighted by molar-refractivity contribution is 7.89. The van der Waals surface area contributed by atoms with Crippen molar-refractivity contribution in [1.29, 1.82) is 0 Å². The van der Waals surface area contributed by atoms with Crippen LogP contribution in [0.2, 0.25) is 0 Å². The van der Waals surface area contributed by atoms with Crippen molar-refractivity contribution < 1.29 is 22.4 Å². The van der Waals surface area contributed by atoms with E-state index in [2.05, 4.69) is 9.16 Å². The Balaban J connectivity index is 3.98. The van der Waals surface area contributed by atoms with Crippen LogP contribution in [0.1, 0.15) is 6.92 Å². The quantitative estimate of drug-likeness (QED) is 0.564. The van der Waals surface area contributed by atoms with Crippen LogP contribution in [0, 0.1) is 0 Å². The van der Waals surface area contributed by atoms with E-state index in [1.165, 1.54) is 0 Å². The van der Waals surface area contributed by atoms with E-state index >= 15 is 0 Å². The third kappa shape index (κ3) is 5.10. The summed E-state index contributed by atoms with van der Waals surface area (Å²) in [7, 11) is -3.36. The molecule has 0 fully saturated rings. The zero-order chi connectivity index (χ0) is 9.61. The number of amides is 1. The van der Waals surface area contributed by atoms with E-state index < -0.39 is 22.1 Å². The van der Waals surface area contributed by atoms with E-state index in [1.807, 2.05) is 0 Å². The molecule has 6 nitrogen and oxygen atoms in total. The number of sulfonamides is 1. The lowest BCUT2D eigenvalue weighted by atomic mass is 10.9. The number of hydrogen-bond acceptors (Lipinski definition) is 5. The molecule has 0 aromatic rings. The third-order valence-electron chi connectivity index (χ3n) is 0.787. The van der Waals surface area contributed by atoms with Gasteiger partial charge in [0.1, 0.15) is 10.5 Å². The first kappa shape index (κ1) is 11.4. The summed E-state index contributed by atoms with van der Waals surface area (Å²) in [6.45, 7) is 1.71. The molecule has 0 aliphatic heterocycles. The van der Waals surface area contributed by atoms with Gasteiger partial charge in [0.25, 0.3) is 10.0 Å². The third-order valence-corrected chi connectivity index (χ3v) is 2.52. The van der Waals surface area contributed by atoms with Gasteiger partial charge in [-0.15, -0.1) is 0 Å². The van der Waals surface area contributed by atoms with Crippen molar-refractivity contribution in [3.05, 3.63) is 0 Å². The van der Waals surface area contributed by atoms with Crippen LogP contribution in [0.5, 0.6) is 0 Å². The minimum Gasteiger partial charge on any atom is -0.449 e. The Kier molecular flexibility index (Phi) is 4.86. The SMILES string of the molecule is CCOC(=O)NS(=O)(=O)CO[SiH3]. The Morgan fingerprint density at radius 2 is 2.17 bits per heavy atom. The lowest BCUT2D eigenvalue weighted by molar-refractivity contribution is 0.158. The minimum absolute atomic E-state index is 0.128. The van der Waals surface area contributed by atoms with Crippen molar-refractivity contribution in [2.24, 2.45) is 0 Å². The van der Waals surface area contributed by atoms with Gasteiger partial charge in [0.2, 0.25) is 0 Å². The monoisotopic (exact) mass is 213 g/mol. The summed E-state index contributed by atoms with van der Waals surface area (Å²) in [4.78, 5) is 10.6. The van der Waals surface area contributed by atoms with E-state index in [9.17, 15) is 13.2 Å². The summed E-state index contributed by atoms with van der Waals surface area (Å²) < 4.78 is 32.1. The van der Waals surface area contributed by atoms with E-state index in [1.54, 1.807) is 11.6 Å². The number of hydrogen-bond donors (Lipinski definition) is 1. The van der Waals surface area contributed by atoms with Gasteiger partial charge in [0.15, 0.2) is 5.94 Å². The van der Waals surface area contributed by atoms with Gasteiger partial charge in [-0.2, -0.15) is 0 Å². The smallest absolute Gasteiger partial charge is 0.420 e. The van der Waals surface area contributed by atoms with Gasteiger partial charge in [0.05, 0.1) is 6.61 Å². The number of ether oxygens (including phenoxy) is 1. The van der Waals surface area contributed by atoms with Crippen molar-refractivity contribution in [3.63, 3.8) is 0 Å². The molecular formula is C4H11NO5SSi. The highest BCUT2D eigenvalue weighted by Crippen LogP contribution is 1.86. The molecule has 0 unspecified atom stereocenters. The van der Waals surface area contributed by atoms with Gasteiger partial charge in [-0.25, -0.2) is 17.9 Å². The van der Waals surface area contributed by atoms with Gasteiger partial charge in [-0.1, -0.05) is 0 Å². The van der Waals surface area contributed by atoms with E-state index in [4.69, 9.17) is 0 Å².